The molecule has 2 heterocycles. The zero-order valence-electron chi connectivity index (χ0n) is 12.1. The van der Waals surface area contributed by atoms with E-state index in [4.69, 9.17) is 0 Å². The maximum absolute atomic E-state index is 4.32. The lowest BCUT2D eigenvalue weighted by molar-refractivity contribution is 0.0957. The van der Waals surface area contributed by atoms with Crippen LogP contribution < -0.4 is 0 Å². The highest BCUT2D eigenvalue weighted by atomic mass is 15.4. The molecule has 2 fully saturated rings. The Hall–Kier alpha value is -0.740. The van der Waals surface area contributed by atoms with Gasteiger partial charge in [0.15, 0.2) is 0 Å². The topological polar surface area (TPSA) is 13.0 Å². The molecule has 0 unspecified atom stereocenters. The molecule has 4 nitrogen and oxygen atoms in total. The summed E-state index contributed by atoms with van der Waals surface area (Å²) in [5.41, 5.74) is 0. The summed E-state index contributed by atoms with van der Waals surface area (Å²) in [7, 11) is 0. The largest absolute Gasteiger partial charge is 0.356 e. The van der Waals surface area contributed by atoms with E-state index in [0.29, 0.717) is 0 Å². The Labute approximate surface area is 112 Å². The summed E-state index contributed by atoms with van der Waals surface area (Å²) in [6, 6.07) is 0. The highest BCUT2D eigenvalue weighted by molar-refractivity contribution is 4.97. The molecule has 2 aliphatic rings. The molecule has 0 aromatic carbocycles. The Balaban J connectivity index is 1.78. The quantitative estimate of drug-likeness (QED) is 0.731. The van der Waals surface area contributed by atoms with E-state index in [0.717, 1.165) is 26.2 Å². The first-order valence-corrected chi connectivity index (χ1v) is 7.38. The van der Waals surface area contributed by atoms with Crippen molar-refractivity contribution in [3.05, 3.63) is 12.4 Å². The molecule has 0 aliphatic carbocycles. The van der Waals surface area contributed by atoms with Gasteiger partial charge in [-0.3, -0.25) is 0 Å². The zero-order valence-corrected chi connectivity index (χ0v) is 12.1. The van der Waals surface area contributed by atoms with Crippen LogP contribution in [0.4, 0.5) is 0 Å². The zero-order chi connectivity index (χ0) is 13.0. The first-order valence-electron chi connectivity index (χ1n) is 7.38. The monoisotopic (exact) mass is 252 g/mol. The van der Waals surface area contributed by atoms with Crippen LogP contribution in [0.5, 0.6) is 0 Å². The lowest BCUT2D eigenvalue weighted by Crippen LogP contribution is -2.52. The second-order valence-electron chi connectivity index (χ2n) is 5.26. The maximum atomic E-state index is 4.32. The van der Waals surface area contributed by atoms with E-state index in [2.05, 4.69) is 40.0 Å². The second kappa shape index (κ2) is 6.43. The van der Waals surface area contributed by atoms with Crippen molar-refractivity contribution in [2.45, 2.75) is 13.8 Å². The Morgan fingerprint density at radius 2 is 1.06 bits per heavy atom. The summed E-state index contributed by atoms with van der Waals surface area (Å²) in [4.78, 5) is 9.96. The van der Waals surface area contributed by atoms with Crippen LogP contribution >= 0.6 is 0 Å². The van der Waals surface area contributed by atoms with Crippen molar-refractivity contribution in [1.82, 2.24) is 19.6 Å². The molecule has 0 spiro atoms. The molecule has 0 aromatic rings. The van der Waals surface area contributed by atoms with Gasteiger partial charge in [-0.1, -0.05) is 20.4 Å². The summed E-state index contributed by atoms with van der Waals surface area (Å²) < 4.78 is 0. The van der Waals surface area contributed by atoms with Crippen molar-refractivity contribution in [3.8, 4) is 0 Å². The molecule has 4 heteroatoms. The average Bonchev–Trinajstić information content (AvgIpc) is 2.47. The van der Waals surface area contributed by atoms with Gasteiger partial charge >= 0.3 is 0 Å². The Kier molecular flexibility index (Phi) is 4.89. The van der Waals surface area contributed by atoms with Gasteiger partial charge in [0.2, 0.25) is 0 Å². The highest BCUT2D eigenvalue weighted by Gasteiger charge is 2.22. The minimum atomic E-state index is 1.14. The van der Waals surface area contributed by atoms with Crippen molar-refractivity contribution in [2.75, 3.05) is 65.4 Å². The highest BCUT2D eigenvalue weighted by Crippen LogP contribution is 2.14. The number of piperazine rings is 2. The number of nitrogens with zero attached hydrogens (tertiary/aromatic N) is 4. The van der Waals surface area contributed by atoms with E-state index in [1.807, 2.05) is 0 Å². The van der Waals surface area contributed by atoms with Crippen molar-refractivity contribution in [2.24, 2.45) is 0 Å². The maximum Gasteiger partial charge on any atom is 0.0966 e. The summed E-state index contributed by atoms with van der Waals surface area (Å²) in [5, 5.41) is 0. The first kappa shape index (κ1) is 13.7. The van der Waals surface area contributed by atoms with Crippen molar-refractivity contribution < 1.29 is 0 Å². The standard InChI is InChI=1S/C14H28N4/c1-4-15-6-10-17(11-7-15)14(3)18-12-8-16(5-2)9-13-18/h3-13H2,1-2H3. The molecule has 0 saturated carbocycles. The van der Waals surface area contributed by atoms with Gasteiger partial charge in [-0.15, -0.1) is 0 Å². The molecule has 0 bridgehead atoms. The fourth-order valence-corrected chi connectivity index (χ4v) is 2.84. The normalized spacial score (nSPS) is 23.4. The van der Waals surface area contributed by atoms with Crippen LogP contribution in [0, 0.1) is 0 Å². The number of hydrogen-bond donors (Lipinski definition) is 0. The predicted molar refractivity (Wildman–Crippen MR) is 76.5 cm³/mol. The fourth-order valence-electron chi connectivity index (χ4n) is 2.84. The van der Waals surface area contributed by atoms with E-state index in [9.17, 15) is 0 Å². The summed E-state index contributed by atoms with van der Waals surface area (Å²) >= 11 is 0. The molecular weight excluding hydrogens is 224 g/mol. The summed E-state index contributed by atoms with van der Waals surface area (Å²) in [6.07, 6.45) is 0. The smallest absolute Gasteiger partial charge is 0.0966 e. The summed E-state index contributed by atoms with van der Waals surface area (Å²) in [5.74, 6) is 1.25. The van der Waals surface area contributed by atoms with Crippen LogP contribution in [-0.2, 0) is 0 Å². The van der Waals surface area contributed by atoms with Gasteiger partial charge in [-0.25, -0.2) is 0 Å². The molecule has 2 rings (SSSR count). The minimum absolute atomic E-state index is 1.14. The molecule has 0 aromatic heterocycles. The third-order valence-corrected chi connectivity index (χ3v) is 4.37. The summed E-state index contributed by atoms with van der Waals surface area (Å²) in [6.45, 7) is 20.5. The fraction of sp³-hybridized carbons (Fsp3) is 0.857. The Morgan fingerprint density at radius 1 is 0.722 bits per heavy atom. The average molecular weight is 252 g/mol. The third-order valence-electron chi connectivity index (χ3n) is 4.37. The second-order valence-corrected chi connectivity index (χ2v) is 5.26. The van der Waals surface area contributed by atoms with Crippen LogP contribution in [0.25, 0.3) is 0 Å². The lowest BCUT2D eigenvalue weighted by atomic mass is 10.3. The minimum Gasteiger partial charge on any atom is -0.356 e. The molecule has 0 N–H and O–H groups in total. The number of likely N-dealkylation sites (N-methyl/N-ethyl adjacent to an activating group) is 2. The Bertz CT molecular complexity index is 237. The van der Waals surface area contributed by atoms with Crippen LogP contribution in [0.15, 0.2) is 12.4 Å². The third kappa shape index (κ3) is 3.18. The van der Waals surface area contributed by atoms with E-state index in [1.165, 1.54) is 45.1 Å². The van der Waals surface area contributed by atoms with Crippen molar-refractivity contribution >= 4 is 0 Å². The van der Waals surface area contributed by atoms with Crippen molar-refractivity contribution in [1.29, 1.82) is 0 Å². The molecule has 104 valence electrons. The Morgan fingerprint density at radius 3 is 1.33 bits per heavy atom. The van der Waals surface area contributed by atoms with Crippen LogP contribution in [0.3, 0.4) is 0 Å². The number of hydrogen-bond acceptors (Lipinski definition) is 4. The van der Waals surface area contributed by atoms with Gasteiger partial charge in [0.25, 0.3) is 0 Å². The van der Waals surface area contributed by atoms with Crippen LogP contribution in [-0.4, -0.2) is 85.0 Å². The molecule has 0 atom stereocenters. The van der Waals surface area contributed by atoms with E-state index in [1.54, 1.807) is 0 Å². The van der Waals surface area contributed by atoms with Crippen molar-refractivity contribution in [3.63, 3.8) is 0 Å². The molecule has 0 radical (unpaired) electrons. The van der Waals surface area contributed by atoms with E-state index >= 15 is 0 Å². The molecule has 0 amide bonds. The molecular formula is C14H28N4. The van der Waals surface area contributed by atoms with Gasteiger partial charge in [0.05, 0.1) is 5.82 Å². The van der Waals surface area contributed by atoms with Gasteiger partial charge < -0.3 is 19.6 Å². The van der Waals surface area contributed by atoms with Gasteiger partial charge in [0.1, 0.15) is 0 Å². The van der Waals surface area contributed by atoms with Gasteiger partial charge in [-0.2, -0.15) is 0 Å². The first-order chi connectivity index (χ1) is 8.74. The van der Waals surface area contributed by atoms with E-state index < -0.39 is 0 Å². The number of rotatable bonds is 4. The van der Waals surface area contributed by atoms with E-state index in [-0.39, 0.29) is 0 Å². The molecule has 18 heavy (non-hydrogen) atoms. The van der Waals surface area contributed by atoms with Crippen LogP contribution in [0.1, 0.15) is 13.8 Å². The van der Waals surface area contributed by atoms with Gasteiger partial charge in [0, 0.05) is 52.4 Å². The predicted octanol–water partition coefficient (Wildman–Crippen LogP) is 0.733. The lowest BCUT2D eigenvalue weighted by Gasteiger charge is -2.43. The molecule has 2 aliphatic heterocycles. The van der Waals surface area contributed by atoms with Crippen LogP contribution in [0.2, 0.25) is 0 Å². The SMILES string of the molecule is C=C(N1CCN(CC)CC1)N1CCN(CC)CC1. The van der Waals surface area contributed by atoms with Gasteiger partial charge in [-0.05, 0) is 13.1 Å². The molecule has 2 saturated heterocycles.